The molecule has 1 rings (SSSR count). The molecule has 0 aromatic heterocycles. The van der Waals surface area contributed by atoms with Gasteiger partial charge in [-0.05, 0) is 32.6 Å². The maximum Gasteiger partial charge on any atom is -0.0315 e. The first-order valence-electron chi connectivity index (χ1n) is 3.52. The van der Waals surface area contributed by atoms with Gasteiger partial charge >= 0.3 is 0 Å². The zero-order valence-electron chi connectivity index (χ0n) is 5.83. The lowest BCUT2D eigenvalue weighted by molar-refractivity contribution is 0.874. The quantitative estimate of drug-likeness (QED) is 0.455. The van der Waals surface area contributed by atoms with E-state index in [9.17, 15) is 0 Å². The third-order valence-electron chi connectivity index (χ3n) is 2.06. The van der Waals surface area contributed by atoms with Crippen molar-refractivity contribution in [1.29, 1.82) is 0 Å². The van der Waals surface area contributed by atoms with Gasteiger partial charge in [0.15, 0.2) is 0 Å². The van der Waals surface area contributed by atoms with Crippen LogP contribution in [0.1, 0.15) is 39.5 Å². The molecule has 1 aliphatic rings. The van der Waals surface area contributed by atoms with E-state index in [1.54, 1.807) is 11.1 Å². The SMILES string of the molecule is CCC1=C(C)CCC1. The van der Waals surface area contributed by atoms with E-state index in [2.05, 4.69) is 13.8 Å². The van der Waals surface area contributed by atoms with E-state index in [1.807, 2.05) is 0 Å². The summed E-state index contributed by atoms with van der Waals surface area (Å²) in [5, 5.41) is 0. The van der Waals surface area contributed by atoms with Crippen molar-refractivity contribution in [2.75, 3.05) is 0 Å². The first-order valence-corrected chi connectivity index (χ1v) is 3.52. The number of hydrogen-bond donors (Lipinski definition) is 0. The maximum atomic E-state index is 2.27. The second-order valence-electron chi connectivity index (χ2n) is 2.59. The molecule has 0 amide bonds. The monoisotopic (exact) mass is 110 g/mol. The summed E-state index contributed by atoms with van der Waals surface area (Å²) >= 11 is 0. The van der Waals surface area contributed by atoms with E-state index in [1.165, 1.54) is 25.7 Å². The average Bonchev–Trinajstić information content (AvgIpc) is 2.14. The topological polar surface area (TPSA) is 0 Å². The molecule has 0 saturated carbocycles. The van der Waals surface area contributed by atoms with Crippen LogP contribution in [0.2, 0.25) is 0 Å². The van der Waals surface area contributed by atoms with Gasteiger partial charge in [0.25, 0.3) is 0 Å². The van der Waals surface area contributed by atoms with E-state index < -0.39 is 0 Å². The van der Waals surface area contributed by atoms with Gasteiger partial charge in [0.1, 0.15) is 0 Å². The highest BCUT2D eigenvalue weighted by molar-refractivity contribution is 5.16. The van der Waals surface area contributed by atoms with E-state index in [0.717, 1.165) is 0 Å². The lowest BCUT2D eigenvalue weighted by Gasteiger charge is -1.94. The van der Waals surface area contributed by atoms with Crippen LogP contribution in [0, 0.1) is 0 Å². The minimum absolute atomic E-state index is 1.28. The number of allylic oxidation sites excluding steroid dienone is 2. The predicted molar refractivity (Wildman–Crippen MR) is 36.8 cm³/mol. The van der Waals surface area contributed by atoms with E-state index in [0.29, 0.717) is 0 Å². The second-order valence-corrected chi connectivity index (χ2v) is 2.59. The van der Waals surface area contributed by atoms with Gasteiger partial charge in [-0.2, -0.15) is 0 Å². The molecule has 8 heavy (non-hydrogen) atoms. The Morgan fingerprint density at radius 2 is 2.12 bits per heavy atom. The molecular weight excluding hydrogens is 96.1 g/mol. The van der Waals surface area contributed by atoms with Crippen molar-refractivity contribution < 1.29 is 0 Å². The minimum Gasteiger partial charge on any atom is -0.0741 e. The largest absolute Gasteiger partial charge is 0.0741 e. The molecule has 0 atom stereocenters. The predicted octanol–water partition coefficient (Wildman–Crippen LogP) is 2.90. The Morgan fingerprint density at radius 1 is 1.38 bits per heavy atom. The molecule has 0 heterocycles. The number of hydrogen-bond acceptors (Lipinski definition) is 0. The van der Waals surface area contributed by atoms with E-state index in [-0.39, 0.29) is 0 Å². The Bertz CT molecular complexity index is 109. The van der Waals surface area contributed by atoms with Crippen LogP contribution in [0.3, 0.4) is 0 Å². The average molecular weight is 110 g/mol. The zero-order chi connectivity index (χ0) is 5.98. The van der Waals surface area contributed by atoms with Crippen molar-refractivity contribution in [3.05, 3.63) is 11.1 Å². The third-order valence-corrected chi connectivity index (χ3v) is 2.06. The van der Waals surface area contributed by atoms with Gasteiger partial charge < -0.3 is 0 Å². The smallest absolute Gasteiger partial charge is 0.0315 e. The molecule has 0 aromatic carbocycles. The van der Waals surface area contributed by atoms with Gasteiger partial charge in [-0.3, -0.25) is 0 Å². The van der Waals surface area contributed by atoms with Gasteiger partial charge in [-0.25, -0.2) is 0 Å². The van der Waals surface area contributed by atoms with E-state index >= 15 is 0 Å². The maximum absolute atomic E-state index is 2.27. The van der Waals surface area contributed by atoms with Crippen LogP contribution < -0.4 is 0 Å². The van der Waals surface area contributed by atoms with Gasteiger partial charge in [-0.1, -0.05) is 18.1 Å². The molecule has 0 spiro atoms. The zero-order valence-corrected chi connectivity index (χ0v) is 5.83. The van der Waals surface area contributed by atoms with Gasteiger partial charge in [0.05, 0.1) is 0 Å². The highest BCUT2D eigenvalue weighted by atomic mass is 14.1. The first kappa shape index (κ1) is 5.87. The molecule has 1 aliphatic carbocycles. The Morgan fingerprint density at radius 3 is 2.38 bits per heavy atom. The fourth-order valence-electron chi connectivity index (χ4n) is 1.44. The van der Waals surface area contributed by atoms with Crippen molar-refractivity contribution >= 4 is 0 Å². The van der Waals surface area contributed by atoms with Crippen molar-refractivity contribution in [3.63, 3.8) is 0 Å². The molecule has 0 N–H and O–H groups in total. The Kier molecular flexibility index (Phi) is 1.72. The molecular formula is C8H14. The standard InChI is InChI=1S/C8H14/c1-3-8-6-4-5-7(8)2/h3-6H2,1-2H3. The summed E-state index contributed by atoms with van der Waals surface area (Å²) in [6, 6.07) is 0. The van der Waals surface area contributed by atoms with Crippen LogP contribution in [0.25, 0.3) is 0 Å². The summed E-state index contributed by atoms with van der Waals surface area (Å²) < 4.78 is 0. The molecule has 0 saturated heterocycles. The lowest BCUT2D eigenvalue weighted by Crippen LogP contribution is -1.73. The first-order chi connectivity index (χ1) is 3.84. The summed E-state index contributed by atoms with van der Waals surface area (Å²) in [5.74, 6) is 0. The van der Waals surface area contributed by atoms with Crippen LogP contribution in [0.5, 0.6) is 0 Å². The van der Waals surface area contributed by atoms with Crippen molar-refractivity contribution in [1.82, 2.24) is 0 Å². The molecule has 0 bridgehead atoms. The van der Waals surface area contributed by atoms with Gasteiger partial charge in [0, 0.05) is 0 Å². The molecule has 0 unspecified atom stereocenters. The van der Waals surface area contributed by atoms with Crippen molar-refractivity contribution in [2.24, 2.45) is 0 Å². The highest BCUT2D eigenvalue weighted by Crippen LogP contribution is 2.26. The Labute approximate surface area is 51.6 Å². The summed E-state index contributed by atoms with van der Waals surface area (Å²) in [6.07, 6.45) is 5.44. The summed E-state index contributed by atoms with van der Waals surface area (Å²) in [6.45, 7) is 4.52. The fraction of sp³-hybridized carbons (Fsp3) is 0.750. The van der Waals surface area contributed by atoms with Crippen LogP contribution >= 0.6 is 0 Å². The van der Waals surface area contributed by atoms with Gasteiger partial charge in [-0.15, -0.1) is 0 Å². The summed E-state index contributed by atoms with van der Waals surface area (Å²) in [7, 11) is 0. The molecule has 0 nitrogen and oxygen atoms in total. The molecule has 0 fully saturated rings. The third kappa shape index (κ3) is 0.936. The van der Waals surface area contributed by atoms with Crippen LogP contribution in [-0.2, 0) is 0 Å². The molecule has 46 valence electrons. The van der Waals surface area contributed by atoms with Crippen molar-refractivity contribution in [3.8, 4) is 0 Å². The fourth-order valence-corrected chi connectivity index (χ4v) is 1.44. The van der Waals surface area contributed by atoms with Crippen molar-refractivity contribution in [2.45, 2.75) is 39.5 Å². The summed E-state index contributed by atoms with van der Waals surface area (Å²) in [4.78, 5) is 0. The normalized spacial score (nSPS) is 20.2. The Hall–Kier alpha value is -0.260. The Balaban J connectivity index is 2.58. The second kappa shape index (κ2) is 2.34. The molecule has 0 radical (unpaired) electrons. The van der Waals surface area contributed by atoms with E-state index in [4.69, 9.17) is 0 Å². The van der Waals surface area contributed by atoms with Crippen LogP contribution in [0.15, 0.2) is 11.1 Å². The number of rotatable bonds is 1. The highest BCUT2D eigenvalue weighted by Gasteiger charge is 2.06. The summed E-state index contributed by atoms with van der Waals surface area (Å²) in [5.41, 5.74) is 3.37. The minimum atomic E-state index is 1.28. The van der Waals surface area contributed by atoms with Gasteiger partial charge in [0.2, 0.25) is 0 Å². The van der Waals surface area contributed by atoms with Crippen LogP contribution in [0.4, 0.5) is 0 Å². The molecule has 0 aromatic rings. The molecule has 0 aliphatic heterocycles. The van der Waals surface area contributed by atoms with Crippen LogP contribution in [-0.4, -0.2) is 0 Å². The molecule has 0 heteroatoms. The lowest BCUT2D eigenvalue weighted by atomic mass is 10.1.